The van der Waals surface area contributed by atoms with Crippen LogP contribution >= 0.6 is 23.2 Å². The third-order valence-corrected chi connectivity index (χ3v) is 3.03. The summed E-state index contributed by atoms with van der Waals surface area (Å²) in [5.74, 6) is -1.09. The SMILES string of the molecule is CC(C)(C)CC(Cl)CNC(=O)c1cc(Cl)ccc1F. The van der Waals surface area contributed by atoms with Crippen molar-refractivity contribution in [3.05, 3.63) is 34.6 Å². The molecule has 19 heavy (non-hydrogen) atoms. The van der Waals surface area contributed by atoms with Gasteiger partial charge in [-0.3, -0.25) is 4.79 Å². The highest BCUT2D eigenvalue weighted by Crippen LogP contribution is 2.23. The molecule has 0 aliphatic rings. The summed E-state index contributed by atoms with van der Waals surface area (Å²) in [5, 5.41) is 2.75. The molecular formula is C14H18Cl2FNO. The van der Waals surface area contributed by atoms with Crippen LogP contribution in [-0.4, -0.2) is 17.8 Å². The lowest BCUT2D eigenvalue weighted by molar-refractivity contribution is 0.0948. The third-order valence-electron chi connectivity index (χ3n) is 2.49. The zero-order chi connectivity index (χ0) is 14.6. The van der Waals surface area contributed by atoms with E-state index in [1.54, 1.807) is 0 Å². The van der Waals surface area contributed by atoms with E-state index in [2.05, 4.69) is 26.1 Å². The number of benzene rings is 1. The quantitative estimate of drug-likeness (QED) is 0.828. The van der Waals surface area contributed by atoms with Crippen molar-refractivity contribution in [2.75, 3.05) is 6.54 Å². The van der Waals surface area contributed by atoms with Crippen LogP contribution in [0.2, 0.25) is 5.02 Å². The lowest BCUT2D eigenvalue weighted by Gasteiger charge is -2.22. The smallest absolute Gasteiger partial charge is 0.254 e. The summed E-state index contributed by atoms with van der Waals surface area (Å²) < 4.78 is 13.5. The Labute approximate surface area is 123 Å². The first-order valence-corrected chi connectivity index (χ1v) is 6.88. The summed E-state index contributed by atoms with van der Waals surface area (Å²) in [7, 11) is 0. The van der Waals surface area contributed by atoms with Crippen LogP contribution in [0.3, 0.4) is 0 Å². The van der Waals surface area contributed by atoms with Gasteiger partial charge in [-0.05, 0) is 30.0 Å². The predicted octanol–water partition coefficient (Wildman–Crippen LogP) is 4.25. The van der Waals surface area contributed by atoms with Gasteiger partial charge in [-0.25, -0.2) is 4.39 Å². The molecule has 1 aromatic carbocycles. The van der Waals surface area contributed by atoms with Gasteiger partial charge in [0.25, 0.3) is 5.91 Å². The molecule has 106 valence electrons. The molecule has 0 fully saturated rings. The van der Waals surface area contributed by atoms with Gasteiger partial charge in [0.15, 0.2) is 0 Å². The molecule has 0 aromatic heterocycles. The molecule has 1 atom stereocenters. The first-order chi connectivity index (χ1) is 8.69. The number of rotatable bonds is 4. The minimum Gasteiger partial charge on any atom is -0.350 e. The fraction of sp³-hybridized carbons (Fsp3) is 0.500. The zero-order valence-electron chi connectivity index (χ0n) is 11.3. The Morgan fingerprint density at radius 1 is 1.42 bits per heavy atom. The third kappa shape index (κ3) is 5.79. The van der Waals surface area contributed by atoms with Crippen molar-refractivity contribution in [3.8, 4) is 0 Å². The van der Waals surface area contributed by atoms with Crippen LogP contribution in [0, 0.1) is 11.2 Å². The molecule has 1 amide bonds. The lowest BCUT2D eigenvalue weighted by atomic mass is 9.90. The molecule has 0 radical (unpaired) electrons. The van der Waals surface area contributed by atoms with Gasteiger partial charge in [-0.15, -0.1) is 11.6 Å². The van der Waals surface area contributed by atoms with Crippen molar-refractivity contribution in [2.45, 2.75) is 32.6 Å². The van der Waals surface area contributed by atoms with Gasteiger partial charge >= 0.3 is 0 Å². The first kappa shape index (κ1) is 16.3. The number of alkyl halides is 1. The Morgan fingerprint density at radius 2 is 2.05 bits per heavy atom. The monoisotopic (exact) mass is 305 g/mol. The van der Waals surface area contributed by atoms with Crippen LogP contribution in [-0.2, 0) is 0 Å². The maximum atomic E-state index is 13.5. The van der Waals surface area contributed by atoms with Gasteiger partial charge in [0.1, 0.15) is 5.82 Å². The maximum Gasteiger partial charge on any atom is 0.254 e. The number of nitrogens with one attached hydrogen (secondary N) is 1. The predicted molar refractivity (Wildman–Crippen MR) is 77.5 cm³/mol. The summed E-state index contributed by atoms with van der Waals surface area (Å²) in [6.45, 7) is 6.51. The van der Waals surface area contributed by atoms with Crippen LogP contribution in [0.5, 0.6) is 0 Å². The molecular weight excluding hydrogens is 288 g/mol. The normalized spacial score (nSPS) is 13.2. The lowest BCUT2D eigenvalue weighted by Crippen LogP contribution is -2.32. The van der Waals surface area contributed by atoms with Crippen molar-refractivity contribution >= 4 is 29.1 Å². The van der Waals surface area contributed by atoms with E-state index >= 15 is 0 Å². The molecule has 2 nitrogen and oxygen atoms in total. The van der Waals surface area contributed by atoms with Crippen molar-refractivity contribution in [3.63, 3.8) is 0 Å². The van der Waals surface area contributed by atoms with Crippen molar-refractivity contribution in [1.29, 1.82) is 0 Å². The van der Waals surface area contributed by atoms with Crippen molar-refractivity contribution < 1.29 is 9.18 Å². The fourth-order valence-corrected chi connectivity index (χ4v) is 2.42. The molecule has 0 aliphatic carbocycles. The minimum atomic E-state index is -0.594. The number of hydrogen-bond donors (Lipinski definition) is 1. The maximum absolute atomic E-state index is 13.5. The van der Waals surface area contributed by atoms with E-state index in [1.165, 1.54) is 18.2 Å². The number of amides is 1. The Balaban J connectivity index is 2.58. The summed E-state index contributed by atoms with van der Waals surface area (Å²) in [4.78, 5) is 11.8. The first-order valence-electron chi connectivity index (χ1n) is 6.06. The van der Waals surface area contributed by atoms with E-state index in [9.17, 15) is 9.18 Å². The summed E-state index contributed by atoms with van der Waals surface area (Å²) in [5.41, 5.74) is 0.0189. The Hall–Kier alpha value is -0.800. The second kappa shape index (κ2) is 6.58. The van der Waals surface area contributed by atoms with Crippen molar-refractivity contribution in [1.82, 2.24) is 5.32 Å². The molecule has 0 saturated carbocycles. The Morgan fingerprint density at radius 3 is 2.63 bits per heavy atom. The highest BCUT2D eigenvalue weighted by molar-refractivity contribution is 6.31. The average molecular weight is 306 g/mol. The zero-order valence-corrected chi connectivity index (χ0v) is 12.8. The standard InChI is InChI=1S/C14H18Cl2FNO/c1-14(2,3)7-10(16)8-18-13(19)11-6-9(15)4-5-12(11)17/h4-6,10H,7-8H2,1-3H3,(H,18,19). The summed E-state index contributed by atoms with van der Waals surface area (Å²) in [6.07, 6.45) is 0.757. The number of carbonyl (C=O) groups excluding carboxylic acids is 1. The molecule has 5 heteroatoms. The van der Waals surface area contributed by atoms with Gasteiger partial charge in [-0.2, -0.15) is 0 Å². The Bertz CT molecular complexity index is 457. The largest absolute Gasteiger partial charge is 0.350 e. The van der Waals surface area contributed by atoms with Gasteiger partial charge < -0.3 is 5.32 Å². The molecule has 1 aromatic rings. The van der Waals surface area contributed by atoms with Gasteiger partial charge in [0.05, 0.1) is 10.9 Å². The van der Waals surface area contributed by atoms with E-state index in [0.29, 0.717) is 11.6 Å². The topological polar surface area (TPSA) is 29.1 Å². The molecule has 1 rings (SSSR count). The second-order valence-corrected chi connectivity index (χ2v) is 6.75. The number of carbonyl (C=O) groups is 1. The van der Waals surface area contributed by atoms with Crippen LogP contribution < -0.4 is 5.32 Å². The van der Waals surface area contributed by atoms with Crippen LogP contribution in [0.1, 0.15) is 37.6 Å². The molecule has 1 N–H and O–H groups in total. The molecule has 0 saturated heterocycles. The van der Waals surface area contributed by atoms with E-state index < -0.39 is 11.7 Å². The number of hydrogen-bond acceptors (Lipinski definition) is 1. The molecule has 0 aliphatic heterocycles. The van der Waals surface area contributed by atoms with Crippen LogP contribution in [0.15, 0.2) is 18.2 Å². The molecule has 0 heterocycles. The fourth-order valence-electron chi connectivity index (χ4n) is 1.71. The summed E-state index contributed by atoms with van der Waals surface area (Å²) in [6, 6.07) is 3.88. The van der Waals surface area contributed by atoms with Crippen molar-refractivity contribution in [2.24, 2.45) is 5.41 Å². The van der Waals surface area contributed by atoms with Gasteiger partial charge in [-0.1, -0.05) is 32.4 Å². The Kier molecular flexibility index (Phi) is 5.63. The molecule has 0 spiro atoms. The molecule has 1 unspecified atom stereocenters. The van der Waals surface area contributed by atoms with E-state index in [0.717, 1.165) is 6.42 Å². The van der Waals surface area contributed by atoms with E-state index in [-0.39, 0.29) is 16.4 Å². The van der Waals surface area contributed by atoms with Gasteiger partial charge in [0.2, 0.25) is 0 Å². The molecule has 0 bridgehead atoms. The van der Waals surface area contributed by atoms with Crippen LogP contribution in [0.4, 0.5) is 4.39 Å². The number of halogens is 3. The average Bonchev–Trinajstić information content (AvgIpc) is 2.27. The summed E-state index contributed by atoms with van der Waals surface area (Å²) >= 11 is 11.9. The van der Waals surface area contributed by atoms with E-state index in [1.807, 2.05) is 0 Å². The highest BCUT2D eigenvalue weighted by atomic mass is 35.5. The van der Waals surface area contributed by atoms with E-state index in [4.69, 9.17) is 23.2 Å². The highest BCUT2D eigenvalue weighted by Gasteiger charge is 2.18. The minimum absolute atomic E-state index is 0.0628. The van der Waals surface area contributed by atoms with Crippen LogP contribution in [0.25, 0.3) is 0 Å². The second-order valence-electron chi connectivity index (χ2n) is 5.70. The van der Waals surface area contributed by atoms with Gasteiger partial charge in [0, 0.05) is 11.6 Å².